The third-order valence-electron chi connectivity index (χ3n) is 4.91. The van der Waals surface area contributed by atoms with Gasteiger partial charge in [0.05, 0.1) is 6.10 Å². The molecule has 4 unspecified atom stereocenters. The zero-order valence-corrected chi connectivity index (χ0v) is 10.4. The molecule has 3 fully saturated rings. The molecule has 0 bridgehead atoms. The lowest BCUT2D eigenvalue weighted by atomic mass is 9.60. The third kappa shape index (κ3) is 1.39. The number of rotatable bonds is 3. The minimum atomic E-state index is -0.172. The Labute approximate surface area is 102 Å². The van der Waals surface area contributed by atoms with Crippen molar-refractivity contribution in [2.45, 2.75) is 56.7 Å². The van der Waals surface area contributed by atoms with Gasteiger partial charge in [-0.15, -0.1) is 11.6 Å². The summed E-state index contributed by atoms with van der Waals surface area (Å²) in [6.45, 7) is 0. The molecule has 3 rings (SSSR count). The highest BCUT2D eigenvalue weighted by atomic mass is 35.5. The van der Waals surface area contributed by atoms with E-state index < -0.39 is 0 Å². The highest BCUT2D eigenvalue weighted by Crippen LogP contribution is 2.58. The number of nitrogens with one attached hydrogen (secondary N) is 1. The smallest absolute Gasteiger partial charge is 0.109 e. The van der Waals surface area contributed by atoms with Gasteiger partial charge in [-0.3, -0.25) is 0 Å². The van der Waals surface area contributed by atoms with Gasteiger partial charge >= 0.3 is 0 Å². The van der Waals surface area contributed by atoms with Crippen LogP contribution in [0.4, 0.5) is 0 Å². The lowest BCUT2D eigenvalue weighted by Crippen LogP contribution is -2.52. The molecule has 0 radical (unpaired) electrons. The molecule has 1 saturated heterocycles. The SMILES string of the molecule is N=C(CCCl)C12CCC1C1CCCCC1O2. The van der Waals surface area contributed by atoms with Crippen molar-refractivity contribution >= 4 is 17.3 Å². The summed E-state index contributed by atoms with van der Waals surface area (Å²) < 4.78 is 6.28. The standard InChI is InChI=1S/C13H20ClNO/c14-8-6-12(15)13-7-5-10(13)9-3-1-2-4-11(9)16-13/h9-11,15H,1-8H2. The fourth-order valence-corrected chi connectivity index (χ4v) is 4.22. The van der Waals surface area contributed by atoms with E-state index in [4.69, 9.17) is 21.7 Å². The Kier molecular flexibility index (Phi) is 2.75. The van der Waals surface area contributed by atoms with E-state index in [1.54, 1.807) is 0 Å². The third-order valence-corrected chi connectivity index (χ3v) is 5.10. The zero-order valence-electron chi connectivity index (χ0n) is 9.68. The summed E-state index contributed by atoms with van der Waals surface area (Å²) in [5.41, 5.74) is 0.599. The Balaban J connectivity index is 1.79. The highest BCUT2D eigenvalue weighted by molar-refractivity contribution is 6.19. The van der Waals surface area contributed by atoms with Crippen LogP contribution >= 0.6 is 11.6 Å². The quantitative estimate of drug-likeness (QED) is 0.597. The van der Waals surface area contributed by atoms with Gasteiger partial charge in [0.25, 0.3) is 0 Å². The van der Waals surface area contributed by atoms with Crippen LogP contribution in [0, 0.1) is 17.2 Å². The van der Waals surface area contributed by atoms with Crippen molar-refractivity contribution in [1.29, 1.82) is 5.41 Å². The van der Waals surface area contributed by atoms with Gasteiger partial charge < -0.3 is 10.1 Å². The van der Waals surface area contributed by atoms with Crippen molar-refractivity contribution in [2.75, 3.05) is 5.88 Å². The van der Waals surface area contributed by atoms with Crippen LogP contribution in [0.3, 0.4) is 0 Å². The fraction of sp³-hybridized carbons (Fsp3) is 0.923. The number of hydrogen-bond donors (Lipinski definition) is 1. The van der Waals surface area contributed by atoms with E-state index in [-0.39, 0.29) is 5.60 Å². The predicted molar refractivity (Wildman–Crippen MR) is 65.3 cm³/mol. The van der Waals surface area contributed by atoms with Gasteiger partial charge in [-0.25, -0.2) is 0 Å². The van der Waals surface area contributed by atoms with Gasteiger partial charge in [-0.05, 0) is 37.5 Å². The monoisotopic (exact) mass is 241 g/mol. The van der Waals surface area contributed by atoms with E-state index in [0.29, 0.717) is 24.3 Å². The second-order valence-electron chi connectivity index (χ2n) is 5.56. The first-order valence-electron chi connectivity index (χ1n) is 6.59. The van der Waals surface area contributed by atoms with Gasteiger partial charge in [-0.1, -0.05) is 12.8 Å². The summed E-state index contributed by atoms with van der Waals surface area (Å²) in [5.74, 6) is 1.96. The number of halogens is 1. The summed E-state index contributed by atoms with van der Waals surface area (Å²) in [4.78, 5) is 0. The number of alkyl halides is 1. The van der Waals surface area contributed by atoms with E-state index in [9.17, 15) is 0 Å². The minimum Gasteiger partial charge on any atom is -0.365 e. The molecular formula is C13H20ClNO. The first kappa shape index (κ1) is 11.0. The molecule has 2 aliphatic carbocycles. The average Bonchev–Trinajstić information content (AvgIpc) is 2.48. The second-order valence-corrected chi connectivity index (χ2v) is 5.93. The Morgan fingerprint density at radius 2 is 2.12 bits per heavy atom. The second kappa shape index (κ2) is 3.99. The molecule has 0 amide bonds. The Morgan fingerprint density at radius 1 is 1.31 bits per heavy atom. The van der Waals surface area contributed by atoms with Gasteiger partial charge in [0.2, 0.25) is 0 Å². The molecule has 90 valence electrons. The minimum absolute atomic E-state index is 0.172. The molecular weight excluding hydrogens is 222 g/mol. The molecule has 2 nitrogen and oxygen atoms in total. The Bertz CT molecular complexity index is 306. The molecule has 1 N–H and O–H groups in total. The van der Waals surface area contributed by atoms with Gasteiger partial charge in [0, 0.05) is 18.0 Å². The molecule has 1 heterocycles. The topological polar surface area (TPSA) is 33.1 Å². The van der Waals surface area contributed by atoms with E-state index in [0.717, 1.165) is 18.1 Å². The van der Waals surface area contributed by atoms with Crippen LogP contribution in [0.25, 0.3) is 0 Å². The summed E-state index contributed by atoms with van der Waals surface area (Å²) in [7, 11) is 0. The van der Waals surface area contributed by atoms with Crippen LogP contribution in [0.2, 0.25) is 0 Å². The lowest BCUT2D eigenvalue weighted by molar-refractivity contribution is -0.0570. The van der Waals surface area contributed by atoms with Gasteiger partial charge in [0.1, 0.15) is 5.60 Å². The Hall–Kier alpha value is -0.0800. The summed E-state index contributed by atoms with van der Waals surface area (Å²) in [6, 6.07) is 0. The molecule has 0 aromatic carbocycles. The summed E-state index contributed by atoms with van der Waals surface area (Å²) in [6.07, 6.45) is 8.72. The predicted octanol–water partition coefficient (Wildman–Crippen LogP) is 3.37. The average molecular weight is 242 g/mol. The van der Waals surface area contributed by atoms with Crippen molar-refractivity contribution in [3.8, 4) is 0 Å². The molecule has 16 heavy (non-hydrogen) atoms. The maximum absolute atomic E-state index is 8.21. The van der Waals surface area contributed by atoms with Crippen molar-refractivity contribution in [1.82, 2.24) is 0 Å². The first-order valence-corrected chi connectivity index (χ1v) is 7.13. The normalized spacial score (nSPS) is 45.7. The van der Waals surface area contributed by atoms with Crippen LogP contribution < -0.4 is 0 Å². The lowest BCUT2D eigenvalue weighted by Gasteiger charge is -2.45. The number of hydrogen-bond acceptors (Lipinski definition) is 2. The maximum atomic E-state index is 8.21. The molecule has 0 spiro atoms. The zero-order chi connectivity index (χ0) is 11.2. The van der Waals surface area contributed by atoms with Crippen LogP contribution in [0.1, 0.15) is 44.9 Å². The molecule has 0 aromatic rings. The molecule has 3 aliphatic rings. The first-order chi connectivity index (χ1) is 7.78. The molecule has 2 saturated carbocycles. The number of fused-ring (bicyclic) bond motifs is 3. The summed E-state index contributed by atoms with van der Waals surface area (Å²) in [5, 5.41) is 8.21. The van der Waals surface area contributed by atoms with E-state index in [1.807, 2.05) is 0 Å². The number of ether oxygens (including phenoxy) is 1. The van der Waals surface area contributed by atoms with Crippen LogP contribution in [0.5, 0.6) is 0 Å². The van der Waals surface area contributed by atoms with E-state index >= 15 is 0 Å². The largest absolute Gasteiger partial charge is 0.365 e. The molecule has 4 atom stereocenters. The maximum Gasteiger partial charge on any atom is 0.109 e. The van der Waals surface area contributed by atoms with E-state index in [2.05, 4.69) is 0 Å². The van der Waals surface area contributed by atoms with Crippen molar-refractivity contribution in [3.05, 3.63) is 0 Å². The van der Waals surface area contributed by atoms with Crippen LogP contribution in [-0.2, 0) is 4.74 Å². The molecule has 0 aromatic heterocycles. The van der Waals surface area contributed by atoms with Gasteiger partial charge in [0.15, 0.2) is 0 Å². The fourth-order valence-electron chi connectivity index (χ4n) is 4.03. The van der Waals surface area contributed by atoms with Crippen molar-refractivity contribution < 1.29 is 4.74 Å². The molecule has 3 heteroatoms. The van der Waals surface area contributed by atoms with Crippen LogP contribution in [0.15, 0.2) is 0 Å². The Morgan fingerprint density at radius 3 is 2.81 bits per heavy atom. The van der Waals surface area contributed by atoms with Gasteiger partial charge in [-0.2, -0.15) is 0 Å². The highest BCUT2D eigenvalue weighted by Gasteiger charge is 2.61. The van der Waals surface area contributed by atoms with Crippen molar-refractivity contribution in [2.24, 2.45) is 11.8 Å². The van der Waals surface area contributed by atoms with Crippen LogP contribution in [-0.4, -0.2) is 23.3 Å². The summed E-state index contributed by atoms with van der Waals surface area (Å²) >= 11 is 5.77. The van der Waals surface area contributed by atoms with Crippen molar-refractivity contribution in [3.63, 3.8) is 0 Å². The van der Waals surface area contributed by atoms with E-state index in [1.165, 1.54) is 32.1 Å². The molecule has 1 aliphatic heterocycles.